The molecular weight excluding hydrogens is 478 g/mol. The van der Waals surface area contributed by atoms with E-state index in [4.69, 9.17) is 27.9 Å². The Kier molecular flexibility index (Phi) is 6.23. The highest BCUT2D eigenvalue weighted by Gasteiger charge is 2.46. The second kappa shape index (κ2) is 8.61. The molecule has 3 aromatic rings. The summed E-state index contributed by atoms with van der Waals surface area (Å²) in [5, 5.41) is 9.43. The summed E-state index contributed by atoms with van der Waals surface area (Å²) < 4.78 is 23.0. The monoisotopic (exact) mass is 506 g/mol. The lowest BCUT2D eigenvalue weighted by molar-refractivity contribution is 0.0286. The minimum absolute atomic E-state index is 0.140. The van der Waals surface area contributed by atoms with Crippen molar-refractivity contribution in [2.24, 2.45) is 7.05 Å². The van der Waals surface area contributed by atoms with Crippen molar-refractivity contribution in [3.63, 3.8) is 0 Å². The first-order chi connectivity index (χ1) is 15.8. The summed E-state index contributed by atoms with van der Waals surface area (Å²) in [6, 6.07) is 7.39. The van der Waals surface area contributed by atoms with Crippen molar-refractivity contribution in [1.82, 2.24) is 14.7 Å². The number of carbonyl (C=O) groups is 1. The van der Waals surface area contributed by atoms with Gasteiger partial charge in [0, 0.05) is 30.2 Å². The molecular formula is C25H29Cl2FN4O2. The third-order valence-corrected chi connectivity index (χ3v) is 6.94. The molecule has 2 heterocycles. The Morgan fingerprint density at radius 3 is 2.62 bits per heavy atom. The van der Waals surface area contributed by atoms with Crippen LogP contribution in [0.15, 0.2) is 24.3 Å². The number of rotatable bonds is 3. The highest BCUT2D eigenvalue weighted by Crippen LogP contribution is 2.44. The summed E-state index contributed by atoms with van der Waals surface area (Å²) >= 11 is 13.0. The molecule has 1 unspecified atom stereocenters. The number of fused-ring (bicyclic) bond motifs is 1. The van der Waals surface area contributed by atoms with Gasteiger partial charge in [0.2, 0.25) is 0 Å². The van der Waals surface area contributed by atoms with Gasteiger partial charge in [-0.15, -0.1) is 0 Å². The number of aromatic nitrogens is 2. The van der Waals surface area contributed by atoms with Gasteiger partial charge in [-0.3, -0.25) is 4.68 Å². The minimum Gasteiger partial charge on any atom is -0.444 e. The average Bonchev–Trinajstić information content (AvgIpc) is 3.27. The average molecular weight is 507 g/mol. The largest absolute Gasteiger partial charge is 0.444 e. The number of halogens is 3. The van der Waals surface area contributed by atoms with E-state index in [0.717, 1.165) is 22.3 Å². The van der Waals surface area contributed by atoms with Gasteiger partial charge in [-0.2, -0.15) is 5.10 Å². The Hall–Kier alpha value is -2.51. The Labute approximate surface area is 209 Å². The third kappa shape index (κ3) is 4.43. The van der Waals surface area contributed by atoms with Crippen molar-refractivity contribution in [3.05, 3.63) is 56.9 Å². The van der Waals surface area contributed by atoms with E-state index in [9.17, 15) is 4.79 Å². The molecule has 1 fully saturated rings. The van der Waals surface area contributed by atoms with E-state index in [1.54, 1.807) is 16.5 Å². The van der Waals surface area contributed by atoms with Crippen molar-refractivity contribution >= 4 is 45.9 Å². The summed E-state index contributed by atoms with van der Waals surface area (Å²) in [5.74, 6) is -0.439. The first-order valence-electron chi connectivity index (χ1n) is 11.2. The molecule has 1 aromatic heterocycles. The Morgan fingerprint density at radius 2 is 1.94 bits per heavy atom. The van der Waals surface area contributed by atoms with E-state index in [-0.39, 0.29) is 22.2 Å². The number of hydrogen-bond donors (Lipinski definition) is 1. The molecule has 1 aliphatic rings. The zero-order valence-electron chi connectivity index (χ0n) is 20.2. The van der Waals surface area contributed by atoms with Crippen LogP contribution in [0.3, 0.4) is 0 Å². The number of ether oxygens (including phenoxy) is 1. The molecule has 4 rings (SSSR count). The van der Waals surface area contributed by atoms with Crippen LogP contribution in [-0.4, -0.2) is 39.5 Å². The lowest BCUT2D eigenvalue weighted by Gasteiger charge is -2.34. The highest BCUT2D eigenvalue weighted by atomic mass is 35.5. The second-order valence-electron chi connectivity index (χ2n) is 9.98. The number of likely N-dealkylation sites (tertiary alicyclic amines) is 1. The van der Waals surface area contributed by atoms with Crippen molar-refractivity contribution in [2.75, 3.05) is 18.4 Å². The van der Waals surface area contributed by atoms with Crippen molar-refractivity contribution in [3.8, 4) is 0 Å². The standard InChI is InChI=1S/C25H29Cl2FN4O2/c1-14-11-18(26)21(27)20(22(14)28)25(9-10-32(13-25)23(33)34-24(3,4)5)29-16-7-8-17-15(2)30-31(6)19(17)12-16/h7-8,11-12,29H,9-10,13H2,1-6H3. The Morgan fingerprint density at radius 1 is 1.24 bits per heavy atom. The van der Waals surface area contributed by atoms with E-state index in [0.29, 0.717) is 18.5 Å². The van der Waals surface area contributed by atoms with Crippen LogP contribution >= 0.6 is 23.2 Å². The zero-order valence-corrected chi connectivity index (χ0v) is 21.7. The van der Waals surface area contributed by atoms with Gasteiger partial charge in [-0.1, -0.05) is 23.2 Å². The maximum absolute atomic E-state index is 15.6. The van der Waals surface area contributed by atoms with Crippen LogP contribution in [0.2, 0.25) is 10.0 Å². The van der Waals surface area contributed by atoms with Crippen molar-refractivity contribution in [2.45, 2.75) is 52.2 Å². The molecule has 1 atom stereocenters. The first-order valence-corrected chi connectivity index (χ1v) is 11.9. The maximum atomic E-state index is 15.6. The molecule has 0 bridgehead atoms. The molecule has 2 aromatic carbocycles. The van der Waals surface area contributed by atoms with Crippen LogP contribution in [0.4, 0.5) is 14.9 Å². The predicted molar refractivity (Wildman–Crippen MR) is 134 cm³/mol. The van der Waals surface area contributed by atoms with Gasteiger partial charge in [0.1, 0.15) is 11.4 Å². The van der Waals surface area contributed by atoms with Gasteiger partial charge in [-0.05, 0) is 70.9 Å². The summed E-state index contributed by atoms with van der Waals surface area (Å²) in [4.78, 5) is 14.5. The van der Waals surface area contributed by atoms with Gasteiger partial charge in [-0.25, -0.2) is 9.18 Å². The molecule has 0 spiro atoms. The first kappa shape index (κ1) is 24.6. The molecule has 9 heteroatoms. The van der Waals surface area contributed by atoms with Crippen LogP contribution in [0, 0.1) is 19.7 Å². The molecule has 182 valence electrons. The van der Waals surface area contributed by atoms with Gasteiger partial charge in [0.15, 0.2) is 0 Å². The predicted octanol–water partition coefficient (Wildman–Crippen LogP) is 6.58. The van der Waals surface area contributed by atoms with Crippen molar-refractivity contribution < 1.29 is 13.9 Å². The van der Waals surface area contributed by atoms with E-state index in [2.05, 4.69) is 10.4 Å². The molecule has 1 aliphatic heterocycles. The van der Waals surface area contributed by atoms with E-state index >= 15 is 4.39 Å². The number of benzene rings is 2. The second-order valence-corrected chi connectivity index (χ2v) is 10.8. The van der Waals surface area contributed by atoms with Gasteiger partial charge < -0.3 is 15.0 Å². The Bertz CT molecular complexity index is 1260. The number of anilines is 1. The van der Waals surface area contributed by atoms with Crippen LogP contribution in [0.25, 0.3) is 10.9 Å². The topological polar surface area (TPSA) is 59.4 Å². The van der Waals surface area contributed by atoms with Crippen LogP contribution in [0.1, 0.15) is 44.0 Å². The number of nitrogens with one attached hydrogen (secondary N) is 1. The lowest BCUT2D eigenvalue weighted by atomic mass is 9.86. The quantitative estimate of drug-likeness (QED) is 0.407. The molecule has 0 radical (unpaired) electrons. The minimum atomic E-state index is -1.00. The number of amides is 1. The van der Waals surface area contributed by atoms with E-state index < -0.39 is 23.1 Å². The van der Waals surface area contributed by atoms with Gasteiger partial charge in [0.05, 0.1) is 33.3 Å². The highest BCUT2D eigenvalue weighted by molar-refractivity contribution is 6.42. The summed E-state index contributed by atoms with van der Waals surface area (Å²) in [5.41, 5.74) is 1.62. The molecule has 1 saturated heterocycles. The third-order valence-electron chi connectivity index (χ3n) is 6.16. The molecule has 1 amide bonds. The van der Waals surface area contributed by atoms with E-state index in [1.165, 1.54) is 6.07 Å². The maximum Gasteiger partial charge on any atom is 0.410 e. The smallest absolute Gasteiger partial charge is 0.410 e. The van der Waals surface area contributed by atoms with Gasteiger partial charge >= 0.3 is 6.09 Å². The summed E-state index contributed by atoms with van der Waals surface area (Å²) in [6.07, 6.45) is -0.0327. The SMILES string of the molecule is Cc1cc(Cl)c(Cl)c(C2(Nc3ccc4c(C)nn(C)c4c3)CCN(C(=O)OC(C)(C)C)C2)c1F. The van der Waals surface area contributed by atoms with Crippen LogP contribution in [0.5, 0.6) is 0 Å². The fourth-order valence-electron chi connectivity index (χ4n) is 4.60. The number of hydrogen-bond acceptors (Lipinski definition) is 4. The fourth-order valence-corrected chi connectivity index (χ4v) is 5.18. The molecule has 0 saturated carbocycles. The summed E-state index contributed by atoms with van der Waals surface area (Å²) in [6.45, 7) is 9.59. The fraction of sp³-hybridized carbons (Fsp3) is 0.440. The normalized spacial score (nSPS) is 18.6. The molecule has 1 N–H and O–H groups in total. The van der Waals surface area contributed by atoms with Gasteiger partial charge in [0.25, 0.3) is 0 Å². The number of aryl methyl sites for hydroxylation is 3. The van der Waals surface area contributed by atoms with Crippen LogP contribution < -0.4 is 5.32 Å². The van der Waals surface area contributed by atoms with E-state index in [1.807, 2.05) is 52.9 Å². The Balaban J connectivity index is 1.81. The van der Waals surface area contributed by atoms with Crippen LogP contribution in [-0.2, 0) is 17.3 Å². The zero-order chi connectivity index (χ0) is 25.0. The van der Waals surface area contributed by atoms with Crippen molar-refractivity contribution in [1.29, 1.82) is 0 Å². The summed E-state index contributed by atoms with van der Waals surface area (Å²) in [7, 11) is 1.88. The lowest BCUT2D eigenvalue weighted by Crippen LogP contribution is -2.42. The number of carbonyl (C=O) groups excluding carboxylic acids is 1. The number of nitrogens with zero attached hydrogens (tertiary/aromatic N) is 3. The molecule has 0 aliphatic carbocycles. The molecule has 34 heavy (non-hydrogen) atoms. The molecule has 6 nitrogen and oxygen atoms in total.